The first kappa shape index (κ1) is 15.7. The monoisotopic (exact) mass is 336 g/mol. The van der Waals surface area contributed by atoms with Gasteiger partial charge in [0.1, 0.15) is 0 Å². The van der Waals surface area contributed by atoms with Crippen LogP contribution in [0.2, 0.25) is 0 Å². The standard InChI is InChI=1S/C20H20N2O3/c1-11-17(20(24)25-2)18(19-15(22-11)8-5-9-16(19)23)13-10-21-14-7-4-3-6-12(13)14/h3-4,6-7,10,18,21-22H,5,8-9H2,1-2H3/t18-/m0/s1. The predicted molar refractivity (Wildman–Crippen MR) is 94.8 cm³/mol. The number of hydrogen-bond acceptors (Lipinski definition) is 4. The van der Waals surface area contributed by atoms with Crippen molar-refractivity contribution in [1.29, 1.82) is 0 Å². The van der Waals surface area contributed by atoms with E-state index in [-0.39, 0.29) is 5.78 Å². The first-order valence-corrected chi connectivity index (χ1v) is 8.50. The Morgan fingerprint density at radius 1 is 1.24 bits per heavy atom. The second kappa shape index (κ2) is 5.92. The number of Topliss-reactive ketones (excluding diaryl/α,β-unsaturated/α-hetero) is 1. The van der Waals surface area contributed by atoms with E-state index in [1.807, 2.05) is 37.4 Å². The smallest absolute Gasteiger partial charge is 0.336 e. The Morgan fingerprint density at radius 2 is 2.04 bits per heavy atom. The molecule has 0 unspecified atom stereocenters. The molecule has 0 amide bonds. The van der Waals surface area contributed by atoms with Crippen molar-refractivity contribution < 1.29 is 14.3 Å². The minimum Gasteiger partial charge on any atom is -0.466 e. The Bertz CT molecular complexity index is 949. The third-order valence-electron chi connectivity index (χ3n) is 5.11. The largest absolute Gasteiger partial charge is 0.466 e. The number of aromatic nitrogens is 1. The molecule has 5 heteroatoms. The highest BCUT2D eigenvalue weighted by Gasteiger charge is 2.39. The molecular formula is C20H20N2O3. The van der Waals surface area contributed by atoms with Gasteiger partial charge in [0.05, 0.1) is 18.6 Å². The van der Waals surface area contributed by atoms with Crippen molar-refractivity contribution in [1.82, 2.24) is 10.3 Å². The summed E-state index contributed by atoms with van der Waals surface area (Å²) in [5, 5.41) is 4.30. The van der Waals surface area contributed by atoms with Crippen LogP contribution in [0, 0.1) is 0 Å². The zero-order valence-electron chi connectivity index (χ0n) is 14.3. The molecule has 4 rings (SSSR count). The minimum absolute atomic E-state index is 0.109. The van der Waals surface area contributed by atoms with Crippen molar-refractivity contribution in [3.05, 3.63) is 58.6 Å². The molecule has 0 saturated heterocycles. The van der Waals surface area contributed by atoms with E-state index >= 15 is 0 Å². The van der Waals surface area contributed by atoms with Crippen molar-refractivity contribution in [3.63, 3.8) is 0 Å². The lowest BCUT2D eigenvalue weighted by Gasteiger charge is -2.33. The Hall–Kier alpha value is -2.82. The maximum Gasteiger partial charge on any atom is 0.336 e. The number of ether oxygens (including phenoxy) is 1. The number of hydrogen-bond donors (Lipinski definition) is 2. The maximum absolute atomic E-state index is 12.8. The SMILES string of the molecule is COC(=O)C1=C(C)NC2=C(C(=O)CCC2)[C@H]1c1c[nH]c2ccccc12. The fourth-order valence-electron chi connectivity index (χ4n) is 4.01. The summed E-state index contributed by atoms with van der Waals surface area (Å²) in [4.78, 5) is 28.5. The van der Waals surface area contributed by atoms with Gasteiger partial charge in [0.25, 0.3) is 0 Å². The van der Waals surface area contributed by atoms with E-state index in [0.29, 0.717) is 17.6 Å². The number of nitrogens with one attached hydrogen (secondary N) is 2. The lowest BCUT2D eigenvalue weighted by Crippen LogP contribution is -2.34. The molecule has 5 nitrogen and oxygen atoms in total. The molecule has 2 heterocycles. The fraction of sp³-hybridized carbons (Fsp3) is 0.300. The van der Waals surface area contributed by atoms with Crippen LogP contribution in [0.3, 0.4) is 0 Å². The van der Waals surface area contributed by atoms with Gasteiger partial charge in [-0.05, 0) is 31.4 Å². The number of para-hydroxylation sites is 1. The normalized spacial score (nSPS) is 20.6. The number of dihydropyridines is 1. The summed E-state index contributed by atoms with van der Waals surface area (Å²) >= 11 is 0. The van der Waals surface area contributed by atoms with Crippen LogP contribution in [0.5, 0.6) is 0 Å². The number of rotatable bonds is 2. The van der Waals surface area contributed by atoms with Crippen LogP contribution in [0.1, 0.15) is 37.7 Å². The number of carbonyl (C=O) groups excluding carboxylic acids is 2. The Labute approximate surface area is 145 Å². The minimum atomic E-state index is -0.398. The van der Waals surface area contributed by atoms with Crippen molar-refractivity contribution >= 4 is 22.7 Å². The number of benzene rings is 1. The van der Waals surface area contributed by atoms with Gasteiger partial charge in [-0.3, -0.25) is 4.79 Å². The highest BCUT2D eigenvalue weighted by molar-refractivity contribution is 6.05. The van der Waals surface area contributed by atoms with Crippen LogP contribution in [0.4, 0.5) is 0 Å². The summed E-state index contributed by atoms with van der Waals surface area (Å²) in [6.45, 7) is 1.87. The van der Waals surface area contributed by atoms with Gasteiger partial charge in [0.2, 0.25) is 0 Å². The van der Waals surface area contributed by atoms with Gasteiger partial charge >= 0.3 is 5.97 Å². The molecule has 0 saturated carbocycles. The summed E-state index contributed by atoms with van der Waals surface area (Å²) < 4.78 is 5.03. The average Bonchev–Trinajstić information content (AvgIpc) is 3.04. The van der Waals surface area contributed by atoms with Crippen LogP contribution < -0.4 is 5.32 Å². The van der Waals surface area contributed by atoms with E-state index in [9.17, 15) is 9.59 Å². The van der Waals surface area contributed by atoms with Gasteiger partial charge < -0.3 is 15.0 Å². The molecule has 2 aliphatic rings. The van der Waals surface area contributed by atoms with Gasteiger partial charge in [0, 0.05) is 40.5 Å². The Kier molecular flexibility index (Phi) is 3.71. The molecule has 0 spiro atoms. The van der Waals surface area contributed by atoms with Crippen molar-refractivity contribution in [2.45, 2.75) is 32.1 Å². The van der Waals surface area contributed by atoms with Crippen LogP contribution in [-0.2, 0) is 14.3 Å². The van der Waals surface area contributed by atoms with Gasteiger partial charge in [-0.1, -0.05) is 18.2 Å². The highest BCUT2D eigenvalue weighted by Crippen LogP contribution is 2.44. The number of H-pyrrole nitrogens is 1. The van der Waals surface area contributed by atoms with Gasteiger partial charge in [0.15, 0.2) is 5.78 Å². The number of esters is 1. The van der Waals surface area contributed by atoms with E-state index in [2.05, 4.69) is 10.3 Å². The summed E-state index contributed by atoms with van der Waals surface area (Å²) in [6, 6.07) is 7.93. The molecule has 2 aromatic rings. The van der Waals surface area contributed by atoms with E-state index in [0.717, 1.165) is 40.7 Å². The number of allylic oxidation sites excluding steroid dienone is 3. The number of aromatic amines is 1. The van der Waals surface area contributed by atoms with Crippen molar-refractivity contribution in [2.24, 2.45) is 0 Å². The van der Waals surface area contributed by atoms with Crippen molar-refractivity contribution in [3.8, 4) is 0 Å². The molecule has 0 fully saturated rings. The maximum atomic E-state index is 12.8. The van der Waals surface area contributed by atoms with E-state index in [1.54, 1.807) is 0 Å². The zero-order valence-corrected chi connectivity index (χ0v) is 14.3. The molecule has 2 N–H and O–H groups in total. The van der Waals surface area contributed by atoms with Crippen molar-refractivity contribution in [2.75, 3.05) is 7.11 Å². The second-order valence-electron chi connectivity index (χ2n) is 6.55. The van der Waals surface area contributed by atoms with Gasteiger partial charge in [-0.15, -0.1) is 0 Å². The van der Waals surface area contributed by atoms with E-state index < -0.39 is 11.9 Å². The Balaban J connectivity index is 1.98. The zero-order chi connectivity index (χ0) is 17.6. The summed E-state index contributed by atoms with van der Waals surface area (Å²) in [7, 11) is 1.38. The molecule has 1 aliphatic carbocycles. The molecule has 0 radical (unpaired) electrons. The number of carbonyl (C=O) groups is 2. The predicted octanol–water partition coefficient (Wildman–Crippen LogP) is 3.31. The quantitative estimate of drug-likeness (QED) is 0.826. The van der Waals surface area contributed by atoms with Crippen LogP contribution in [0.25, 0.3) is 10.9 Å². The lowest BCUT2D eigenvalue weighted by molar-refractivity contribution is -0.136. The lowest BCUT2D eigenvalue weighted by atomic mass is 9.75. The first-order valence-electron chi connectivity index (χ1n) is 8.50. The highest BCUT2D eigenvalue weighted by atomic mass is 16.5. The molecule has 25 heavy (non-hydrogen) atoms. The number of fused-ring (bicyclic) bond motifs is 1. The van der Waals surface area contributed by atoms with E-state index in [4.69, 9.17) is 4.74 Å². The summed E-state index contributed by atoms with van der Waals surface area (Å²) in [5.74, 6) is -0.684. The molecule has 1 aliphatic heterocycles. The van der Waals surface area contributed by atoms with Crippen LogP contribution >= 0.6 is 0 Å². The molecule has 1 atom stereocenters. The van der Waals surface area contributed by atoms with Crippen LogP contribution in [0.15, 0.2) is 53.0 Å². The molecule has 0 bridgehead atoms. The summed E-state index contributed by atoms with van der Waals surface area (Å²) in [5.41, 5.74) is 4.86. The molecule has 1 aromatic carbocycles. The van der Waals surface area contributed by atoms with Gasteiger partial charge in [-0.25, -0.2) is 4.79 Å². The van der Waals surface area contributed by atoms with Crippen LogP contribution in [-0.4, -0.2) is 23.8 Å². The van der Waals surface area contributed by atoms with Gasteiger partial charge in [-0.2, -0.15) is 0 Å². The first-order chi connectivity index (χ1) is 12.1. The average molecular weight is 336 g/mol. The second-order valence-corrected chi connectivity index (χ2v) is 6.55. The number of ketones is 1. The molecule has 1 aromatic heterocycles. The Morgan fingerprint density at radius 3 is 2.84 bits per heavy atom. The third-order valence-corrected chi connectivity index (χ3v) is 5.11. The van der Waals surface area contributed by atoms with E-state index in [1.165, 1.54) is 7.11 Å². The topological polar surface area (TPSA) is 71.2 Å². The number of methoxy groups -OCH3 is 1. The fourth-order valence-corrected chi connectivity index (χ4v) is 4.01. The molecule has 128 valence electrons. The third kappa shape index (κ3) is 2.38. The summed E-state index contributed by atoms with van der Waals surface area (Å²) in [6.07, 6.45) is 4.09. The molecular weight excluding hydrogens is 316 g/mol.